The molecule has 0 saturated heterocycles. The molecule has 0 spiro atoms. The van der Waals surface area contributed by atoms with E-state index in [-0.39, 0.29) is 25.9 Å². The van der Waals surface area contributed by atoms with Crippen LogP contribution in [0.5, 0.6) is 0 Å². The Morgan fingerprint density at radius 1 is 0.362 bits per heavy atom. The number of aliphatic hydroxyl groups is 1. The molecule has 0 aromatic carbocycles. The molecule has 2 N–H and O–H groups in total. The number of aliphatic hydroxyl groups excluding tert-OH is 1. The Kier molecular flexibility index (Phi) is 60.0. The van der Waals surface area contributed by atoms with Crippen molar-refractivity contribution in [3.8, 4) is 0 Å². The van der Waals surface area contributed by atoms with Crippen LogP contribution < -0.4 is 0 Å². The highest BCUT2D eigenvalue weighted by Crippen LogP contribution is 2.43. The van der Waals surface area contributed by atoms with Gasteiger partial charge < -0.3 is 24.2 Å². The molecule has 0 aliphatic carbocycles. The fourth-order valence-corrected chi connectivity index (χ4v) is 10.2. The minimum absolute atomic E-state index is 0.152. The summed E-state index contributed by atoms with van der Waals surface area (Å²) < 4.78 is 39.7. The molecule has 0 radical (unpaired) electrons. The van der Waals surface area contributed by atoms with Crippen LogP contribution in [-0.2, 0) is 42.2 Å². The molecule has 0 heterocycles. The average Bonchev–Trinajstić information content (AvgIpc) is 3.45. The molecule has 0 amide bonds. The maximum atomic E-state index is 13.0. The molecule has 0 bridgehead atoms. The predicted molar refractivity (Wildman–Crippen MR) is 335 cm³/mol. The van der Waals surface area contributed by atoms with Gasteiger partial charge in [-0.1, -0.05) is 274 Å². The molecule has 3 unspecified atom stereocenters. The normalized spacial score (nSPS) is 13.6. The number of unbranched alkanes of at least 4 members (excludes halogenated alkanes) is 35. The Balaban J connectivity index is 4.70. The van der Waals surface area contributed by atoms with E-state index in [0.717, 1.165) is 103 Å². The van der Waals surface area contributed by atoms with E-state index in [1.807, 2.05) is 0 Å². The maximum Gasteiger partial charge on any atom is 0.472 e. The molecule has 0 aliphatic rings. The Morgan fingerprint density at radius 3 is 1.01 bits per heavy atom. The van der Waals surface area contributed by atoms with Crippen LogP contribution in [0, 0.1) is 0 Å². The fraction of sp³-hybridized carbons (Fsp3) is 0.809. The highest BCUT2D eigenvalue weighted by atomic mass is 31.2. The highest BCUT2D eigenvalue weighted by Gasteiger charge is 2.28. The van der Waals surface area contributed by atoms with Gasteiger partial charge in [-0.3, -0.25) is 23.4 Å². The second-order valence-electron chi connectivity index (χ2n) is 22.3. The Labute approximate surface area is 491 Å². The average molecular weight is 1150 g/mol. The van der Waals surface area contributed by atoms with Crippen LogP contribution in [0.2, 0.25) is 0 Å². The number of ether oxygens (including phenoxy) is 3. The van der Waals surface area contributed by atoms with Crippen LogP contribution in [0.25, 0.3) is 0 Å². The predicted octanol–water partition coefficient (Wildman–Crippen LogP) is 20.3. The van der Waals surface area contributed by atoms with Gasteiger partial charge in [-0.05, 0) is 83.5 Å². The third-order valence-electron chi connectivity index (χ3n) is 14.4. The van der Waals surface area contributed by atoms with Gasteiger partial charge in [0.2, 0.25) is 0 Å². The van der Waals surface area contributed by atoms with Crippen LogP contribution in [-0.4, -0.2) is 66.5 Å². The number of carbonyl (C=O) groups is 3. The van der Waals surface area contributed by atoms with Crippen LogP contribution in [0.1, 0.15) is 316 Å². The van der Waals surface area contributed by atoms with Crippen molar-refractivity contribution < 1.29 is 52.2 Å². The molecule has 0 aromatic rings. The molecule has 0 saturated carbocycles. The van der Waals surface area contributed by atoms with Gasteiger partial charge in [0.15, 0.2) is 6.10 Å². The third kappa shape index (κ3) is 59.8. The van der Waals surface area contributed by atoms with Crippen molar-refractivity contribution in [2.75, 3.05) is 26.4 Å². The summed E-state index contributed by atoms with van der Waals surface area (Å²) in [6, 6.07) is 0. The summed E-state index contributed by atoms with van der Waals surface area (Å²) >= 11 is 0. The number of rotatable bonds is 62. The monoisotopic (exact) mass is 1150 g/mol. The number of hydrogen-bond acceptors (Lipinski definition) is 10. The number of carbonyl (C=O) groups excluding carboxylic acids is 3. The Morgan fingerprint density at radius 2 is 0.650 bits per heavy atom. The largest absolute Gasteiger partial charge is 0.472 e. The lowest BCUT2D eigenvalue weighted by Gasteiger charge is -2.21. The first-order valence-electron chi connectivity index (χ1n) is 33.2. The minimum Gasteiger partial charge on any atom is -0.462 e. The summed E-state index contributed by atoms with van der Waals surface area (Å²) in [7, 11) is -4.76. The van der Waals surface area contributed by atoms with Gasteiger partial charge in [-0.2, -0.15) is 0 Å². The van der Waals surface area contributed by atoms with Crippen LogP contribution in [0.4, 0.5) is 0 Å². The van der Waals surface area contributed by atoms with Gasteiger partial charge >= 0.3 is 25.7 Å². The summed E-state index contributed by atoms with van der Waals surface area (Å²) in [6.45, 7) is 4.57. The summed E-state index contributed by atoms with van der Waals surface area (Å²) in [6.07, 6.45) is 70.2. The summed E-state index contributed by atoms with van der Waals surface area (Å²) in [4.78, 5) is 48.8. The molecule has 0 fully saturated rings. The zero-order chi connectivity index (χ0) is 58.3. The van der Waals surface area contributed by atoms with E-state index >= 15 is 0 Å². The first kappa shape index (κ1) is 77.2. The number of phosphoric ester groups is 1. The summed E-state index contributed by atoms with van der Waals surface area (Å²) in [5, 5.41) is 9.86. The Bertz CT molecular complexity index is 1570. The zero-order valence-corrected chi connectivity index (χ0v) is 52.7. The lowest BCUT2D eigenvalue weighted by molar-refractivity contribution is -0.161. The summed E-state index contributed by atoms with van der Waals surface area (Å²) in [5.74, 6) is -1.46. The fourth-order valence-electron chi connectivity index (χ4n) is 9.40. The molecule has 11 nitrogen and oxygen atoms in total. The quantitative estimate of drug-likeness (QED) is 0.0197. The van der Waals surface area contributed by atoms with Crippen molar-refractivity contribution >= 4 is 25.7 Å². The van der Waals surface area contributed by atoms with Crippen molar-refractivity contribution in [1.82, 2.24) is 0 Å². The lowest BCUT2D eigenvalue weighted by Crippen LogP contribution is -2.30. The van der Waals surface area contributed by atoms with E-state index < -0.39 is 57.8 Å². The van der Waals surface area contributed by atoms with Crippen molar-refractivity contribution in [2.24, 2.45) is 0 Å². The van der Waals surface area contributed by atoms with Gasteiger partial charge in [-0.25, -0.2) is 4.57 Å². The topological polar surface area (TPSA) is 155 Å². The summed E-state index contributed by atoms with van der Waals surface area (Å²) in [5.41, 5.74) is 0. The molecule has 466 valence electrons. The van der Waals surface area contributed by atoms with Crippen molar-refractivity contribution in [1.29, 1.82) is 0 Å². The first-order chi connectivity index (χ1) is 39.2. The van der Waals surface area contributed by atoms with Crippen molar-refractivity contribution in [2.45, 2.75) is 328 Å². The smallest absolute Gasteiger partial charge is 0.462 e. The van der Waals surface area contributed by atoms with E-state index in [1.54, 1.807) is 0 Å². The minimum atomic E-state index is -4.76. The maximum absolute atomic E-state index is 13.0. The van der Waals surface area contributed by atoms with Gasteiger partial charge in [0.1, 0.15) is 12.7 Å². The first-order valence-corrected chi connectivity index (χ1v) is 34.7. The van der Waals surface area contributed by atoms with Crippen LogP contribution in [0.3, 0.4) is 0 Å². The van der Waals surface area contributed by atoms with Gasteiger partial charge in [-0.15, -0.1) is 0 Å². The number of phosphoric acid groups is 1. The van der Waals surface area contributed by atoms with E-state index in [1.165, 1.54) is 154 Å². The standard InChI is InChI=1S/C68H123O11P/c1-4-7-10-13-16-19-22-25-28-30-32-34-37-39-42-45-48-51-54-57-66(70)75-61-65(79-68(72)59-56-53-50-47-44-41-38-35-33-31-29-26-23-20-17-14-11-8-5-2)63-77-80(73,74)76-62-64(60-69)78-67(71)58-55-52-49-46-43-40-36-27-24-21-18-15-12-9-6-3/h8,11,17,20,25-26,28-29,33,35,64-65,69H,4-7,9-10,12-16,18-19,21-24,27,30-32,34,36-63H2,1-3H3,(H,73,74)/b11-8-,20-17-,28-25-,29-26-,35-33-. The van der Waals surface area contributed by atoms with E-state index in [4.69, 9.17) is 23.3 Å². The molecule has 0 aliphatic heterocycles. The molecule has 12 heteroatoms. The van der Waals surface area contributed by atoms with E-state index in [2.05, 4.69) is 81.5 Å². The van der Waals surface area contributed by atoms with Crippen molar-refractivity contribution in [3.05, 3.63) is 60.8 Å². The van der Waals surface area contributed by atoms with E-state index in [9.17, 15) is 28.9 Å². The number of esters is 3. The molecular formula is C68H123O11P. The van der Waals surface area contributed by atoms with Gasteiger partial charge in [0.25, 0.3) is 0 Å². The van der Waals surface area contributed by atoms with Gasteiger partial charge in [0.05, 0.1) is 19.8 Å². The lowest BCUT2D eigenvalue weighted by atomic mass is 10.0. The third-order valence-corrected chi connectivity index (χ3v) is 15.4. The second-order valence-corrected chi connectivity index (χ2v) is 23.7. The molecular weight excluding hydrogens is 1020 g/mol. The van der Waals surface area contributed by atoms with Gasteiger partial charge in [0, 0.05) is 19.3 Å². The Hall–Kier alpha value is -2.82. The van der Waals surface area contributed by atoms with Crippen molar-refractivity contribution in [3.63, 3.8) is 0 Å². The molecule has 0 rings (SSSR count). The van der Waals surface area contributed by atoms with E-state index in [0.29, 0.717) is 19.3 Å². The highest BCUT2D eigenvalue weighted by molar-refractivity contribution is 7.47. The zero-order valence-electron chi connectivity index (χ0n) is 51.8. The molecule has 0 aromatic heterocycles. The SMILES string of the molecule is CC/C=C\C/C=C\C/C=C\C/C=C\CCCCCCCCC(=O)OC(COC(=O)CCCCCCCCCCC/C=C\CCCCCCCC)COP(=O)(O)OCC(CO)OC(=O)CCCCCCCCCCCCCCCCC. The number of allylic oxidation sites excluding steroid dienone is 10. The molecule has 80 heavy (non-hydrogen) atoms. The second kappa shape index (κ2) is 62.2. The molecule has 3 atom stereocenters. The van der Waals surface area contributed by atoms with Crippen LogP contribution in [0.15, 0.2) is 60.8 Å². The number of hydrogen-bond donors (Lipinski definition) is 2. The van der Waals surface area contributed by atoms with Crippen LogP contribution >= 0.6 is 7.82 Å².